The number of hydrogen-bond acceptors (Lipinski definition) is 6. The molecule has 1 N–H and O–H groups in total. The lowest BCUT2D eigenvalue weighted by Crippen LogP contribution is -2.26. The van der Waals surface area contributed by atoms with Crippen molar-refractivity contribution in [3.63, 3.8) is 0 Å². The van der Waals surface area contributed by atoms with E-state index in [4.69, 9.17) is 21.4 Å². The van der Waals surface area contributed by atoms with Crippen LogP contribution in [0.25, 0.3) is 33.4 Å². The zero-order valence-electron chi connectivity index (χ0n) is 27.6. The van der Waals surface area contributed by atoms with Gasteiger partial charge in [0.15, 0.2) is 0 Å². The SMILES string of the molecule is CCN(c1ccc2c(-c3ccccc3S(=O)(=O)C(=C=N)C#N)c3ccc(=[N+](CC)c4ccc(Cl)cc4C)cc-3oc2c1)c1ccccc1C. The van der Waals surface area contributed by atoms with Crippen molar-refractivity contribution < 1.29 is 12.8 Å². The molecule has 4 aromatic rings. The van der Waals surface area contributed by atoms with E-state index < -0.39 is 14.7 Å². The van der Waals surface area contributed by atoms with E-state index in [1.165, 1.54) is 6.07 Å². The van der Waals surface area contributed by atoms with Crippen LogP contribution in [0.1, 0.15) is 25.0 Å². The highest BCUT2D eigenvalue weighted by Crippen LogP contribution is 2.44. The fourth-order valence-corrected chi connectivity index (χ4v) is 7.86. The maximum Gasteiger partial charge on any atom is 0.226 e. The van der Waals surface area contributed by atoms with Gasteiger partial charge in [-0.25, -0.2) is 8.42 Å². The predicted molar refractivity (Wildman–Crippen MR) is 198 cm³/mol. The van der Waals surface area contributed by atoms with Gasteiger partial charge in [0.1, 0.15) is 24.0 Å². The molecular formula is C40H34ClN4O3S+. The van der Waals surface area contributed by atoms with Gasteiger partial charge < -0.3 is 9.32 Å². The highest BCUT2D eigenvalue weighted by atomic mass is 35.5. The minimum Gasteiger partial charge on any atom is -0.456 e. The standard InChI is InChI=1S/C40H34ClN4O3S/c1-5-44(35-13-9-7-11-26(35)3)29-16-18-32-37(22-29)48-38-23-30(45(6-2)36-20-15-28(41)21-27(36)4)17-19-33(38)40(32)34-12-8-10-14-39(34)49(46,47)31(24-42)25-43/h7-23,42H,5-6H2,1-4H3/q+1. The van der Waals surface area contributed by atoms with Gasteiger partial charge in [-0.2, -0.15) is 9.84 Å². The number of nitrogens with one attached hydrogen (secondary N) is 1. The summed E-state index contributed by atoms with van der Waals surface area (Å²) in [7, 11) is -4.35. The number of hydrogen-bond donors (Lipinski definition) is 1. The summed E-state index contributed by atoms with van der Waals surface area (Å²) in [5, 5.41) is 19.4. The molecule has 0 atom stereocenters. The van der Waals surface area contributed by atoms with E-state index in [-0.39, 0.29) is 4.90 Å². The second-order valence-corrected chi connectivity index (χ2v) is 13.9. The quantitative estimate of drug-likeness (QED) is 0.0745. The van der Waals surface area contributed by atoms with E-state index >= 15 is 0 Å². The highest BCUT2D eigenvalue weighted by molar-refractivity contribution is 7.96. The van der Waals surface area contributed by atoms with Crippen LogP contribution in [0.3, 0.4) is 0 Å². The van der Waals surface area contributed by atoms with Crippen molar-refractivity contribution >= 4 is 55.3 Å². The highest BCUT2D eigenvalue weighted by Gasteiger charge is 2.28. The van der Waals surface area contributed by atoms with Crippen molar-refractivity contribution in [2.24, 2.45) is 0 Å². The number of nitrogens with zero attached hydrogens (tertiary/aromatic N) is 3. The Labute approximate surface area is 291 Å². The zero-order valence-corrected chi connectivity index (χ0v) is 29.2. The molecule has 2 aliphatic rings. The fraction of sp³-hybridized carbons (Fsp3) is 0.150. The largest absolute Gasteiger partial charge is 0.456 e. The fourth-order valence-electron chi connectivity index (χ4n) is 6.44. The minimum absolute atomic E-state index is 0.0877. The second-order valence-electron chi connectivity index (χ2n) is 11.6. The Morgan fingerprint density at radius 2 is 1.65 bits per heavy atom. The smallest absolute Gasteiger partial charge is 0.226 e. The molecule has 1 aliphatic carbocycles. The molecule has 0 bridgehead atoms. The van der Waals surface area contributed by atoms with Crippen LogP contribution in [0, 0.1) is 30.6 Å². The van der Waals surface area contributed by atoms with E-state index in [1.54, 1.807) is 24.3 Å². The molecule has 244 valence electrons. The first-order valence-corrected chi connectivity index (χ1v) is 17.7. The Balaban J connectivity index is 1.71. The molecule has 0 fully saturated rings. The molecule has 0 radical (unpaired) electrons. The van der Waals surface area contributed by atoms with Crippen molar-refractivity contribution in [3.05, 3.63) is 130 Å². The van der Waals surface area contributed by atoms with Crippen molar-refractivity contribution in [1.82, 2.24) is 4.58 Å². The Kier molecular flexibility index (Phi) is 9.27. The van der Waals surface area contributed by atoms with Crippen LogP contribution in [0.2, 0.25) is 5.02 Å². The van der Waals surface area contributed by atoms with Gasteiger partial charge >= 0.3 is 0 Å². The molecule has 0 unspecified atom stereocenters. The summed E-state index contributed by atoms with van der Waals surface area (Å²) < 4.78 is 36.4. The number of halogens is 1. The molecule has 0 aromatic heterocycles. The van der Waals surface area contributed by atoms with Crippen LogP contribution < -0.4 is 14.8 Å². The summed E-state index contributed by atoms with van der Waals surface area (Å²) >= 11 is 6.28. The van der Waals surface area contributed by atoms with Crippen LogP contribution in [0.4, 0.5) is 17.1 Å². The first kappa shape index (κ1) is 33.5. The molecule has 0 amide bonds. The van der Waals surface area contributed by atoms with Crippen molar-refractivity contribution in [2.45, 2.75) is 32.6 Å². The van der Waals surface area contributed by atoms with Crippen molar-refractivity contribution in [2.75, 3.05) is 18.0 Å². The van der Waals surface area contributed by atoms with Crippen LogP contribution >= 0.6 is 11.6 Å². The number of para-hydroxylation sites is 1. The molecule has 1 heterocycles. The van der Waals surface area contributed by atoms with Crippen LogP contribution in [0.15, 0.2) is 117 Å². The van der Waals surface area contributed by atoms with Gasteiger partial charge in [0.05, 0.1) is 11.0 Å². The van der Waals surface area contributed by atoms with Gasteiger partial charge in [0.2, 0.25) is 25.8 Å². The average Bonchev–Trinajstić information content (AvgIpc) is 3.10. The molecule has 0 saturated carbocycles. The number of sulfone groups is 1. The summed E-state index contributed by atoms with van der Waals surface area (Å²) in [5.74, 6) is 2.37. The lowest BCUT2D eigenvalue weighted by Gasteiger charge is -2.26. The molecule has 7 nitrogen and oxygen atoms in total. The van der Waals surface area contributed by atoms with Crippen LogP contribution in [0.5, 0.6) is 0 Å². The van der Waals surface area contributed by atoms with Gasteiger partial charge in [-0.05, 0) is 75.7 Å². The van der Waals surface area contributed by atoms with Gasteiger partial charge in [0, 0.05) is 74.7 Å². The Morgan fingerprint density at radius 1 is 0.898 bits per heavy atom. The first-order valence-electron chi connectivity index (χ1n) is 15.9. The third-order valence-electron chi connectivity index (χ3n) is 8.73. The second kappa shape index (κ2) is 13.6. The molecule has 0 saturated heterocycles. The van der Waals surface area contributed by atoms with Gasteiger partial charge in [-0.1, -0.05) is 48.0 Å². The van der Waals surface area contributed by atoms with Gasteiger partial charge in [0.25, 0.3) is 0 Å². The van der Waals surface area contributed by atoms with Crippen molar-refractivity contribution in [3.8, 4) is 28.5 Å². The van der Waals surface area contributed by atoms with E-state index in [1.807, 2.05) is 79.5 Å². The van der Waals surface area contributed by atoms with Crippen LogP contribution in [-0.2, 0) is 9.84 Å². The monoisotopic (exact) mass is 685 g/mol. The summed E-state index contributed by atoms with van der Waals surface area (Å²) in [6, 6.07) is 34.0. The molecule has 1 aliphatic heterocycles. The Morgan fingerprint density at radius 3 is 2.35 bits per heavy atom. The summed E-state index contributed by atoms with van der Waals surface area (Å²) in [4.78, 5) is 1.36. The maximum absolute atomic E-state index is 13.7. The van der Waals surface area contributed by atoms with E-state index in [2.05, 4.69) is 42.4 Å². The Bertz CT molecular complexity index is 2510. The Hall–Kier alpha value is -5.45. The average molecular weight is 686 g/mol. The van der Waals surface area contributed by atoms with Crippen molar-refractivity contribution in [1.29, 1.82) is 10.7 Å². The summed E-state index contributed by atoms with van der Waals surface area (Å²) in [6.07, 6.45) is 0. The number of nitriles is 1. The number of fused-ring (bicyclic) bond motifs is 2. The molecule has 0 spiro atoms. The molecular weight excluding hydrogens is 652 g/mol. The number of rotatable bonds is 8. The summed E-state index contributed by atoms with van der Waals surface area (Å²) in [5.41, 5.74) is 7.44. The number of aryl methyl sites for hydroxylation is 2. The predicted octanol–water partition coefficient (Wildman–Crippen LogP) is 9.19. The first-order chi connectivity index (χ1) is 23.6. The van der Waals surface area contributed by atoms with E-state index in [0.29, 0.717) is 51.5 Å². The van der Waals surface area contributed by atoms with Crippen LogP contribution in [-0.4, -0.2) is 27.4 Å². The number of allylic oxidation sites excluding steroid dienone is 1. The lowest BCUT2D eigenvalue weighted by molar-refractivity contribution is 0.603. The van der Waals surface area contributed by atoms with E-state index in [0.717, 1.165) is 33.5 Å². The maximum atomic E-state index is 13.7. The zero-order chi connectivity index (χ0) is 34.9. The molecule has 9 heteroatoms. The topological polar surface area (TPSA) is 101 Å². The van der Waals surface area contributed by atoms with E-state index in [9.17, 15) is 13.7 Å². The molecule has 6 rings (SSSR count). The molecule has 4 aromatic carbocycles. The van der Waals surface area contributed by atoms with Gasteiger partial charge in [-0.15, -0.1) is 0 Å². The minimum atomic E-state index is -4.35. The number of benzene rings is 5. The molecule has 49 heavy (non-hydrogen) atoms. The number of anilines is 2. The summed E-state index contributed by atoms with van der Waals surface area (Å²) in [6.45, 7) is 9.65. The normalized spacial score (nSPS) is 12.0. The van der Waals surface area contributed by atoms with Gasteiger partial charge in [-0.3, -0.25) is 5.41 Å². The third kappa shape index (κ3) is 6.05. The lowest BCUT2D eigenvalue weighted by atomic mass is 9.93. The third-order valence-corrected chi connectivity index (χ3v) is 10.6.